The molecule has 0 radical (unpaired) electrons. The summed E-state index contributed by atoms with van der Waals surface area (Å²) in [5.41, 5.74) is 0. The summed E-state index contributed by atoms with van der Waals surface area (Å²) in [7, 11) is 0. The van der Waals surface area contributed by atoms with E-state index in [1.807, 2.05) is 6.08 Å². The zero-order chi connectivity index (χ0) is 12.3. The molecule has 0 unspecified atom stereocenters. The minimum absolute atomic E-state index is 1.16. The average Bonchev–Trinajstić information content (AvgIpc) is 2.79. The van der Waals surface area contributed by atoms with Crippen LogP contribution in [0.15, 0.2) is 31.4 Å². The number of rotatable bonds is 10. The van der Waals surface area contributed by atoms with E-state index < -0.39 is 0 Å². The van der Waals surface area contributed by atoms with Crippen molar-refractivity contribution in [2.24, 2.45) is 0 Å². The highest BCUT2D eigenvalue weighted by atomic mass is 15.1. The van der Waals surface area contributed by atoms with Gasteiger partial charge in [0.15, 0.2) is 0 Å². The Balaban J connectivity index is 2.10. The molecule has 0 saturated heterocycles. The molecular weight excluding hydrogens is 208 g/mol. The third-order valence-corrected chi connectivity index (χ3v) is 3.09. The SMILES string of the molecule is C=CCCCCCC[n+]1ccn(CCCC)c1. The Labute approximate surface area is 106 Å². The molecule has 17 heavy (non-hydrogen) atoms. The molecule has 1 aromatic heterocycles. The Bertz CT molecular complexity index is 302. The summed E-state index contributed by atoms with van der Waals surface area (Å²) in [5.74, 6) is 0. The Morgan fingerprint density at radius 2 is 2.00 bits per heavy atom. The van der Waals surface area contributed by atoms with Gasteiger partial charge in [-0.25, -0.2) is 9.13 Å². The summed E-state index contributed by atoms with van der Waals surface area (Å²) < 4.78 is 4.60. The van der Waals surface area contributed by atoms with E-state index in [0.29, 0.717) is 0 Å². The molecule has 1 aromatic rings. The second-order valence-electron chi connectivity index (χ2n) is 4.73. The fraction of sp³-hybridized carbons (Fsp3) is 0.667. The van der Waals surface area contributed by atoms with Crippen LogP contribution in [0.1, 0.15) is 51.9 Å². The fourth-order valence-corrected chi connectivity index (χ4v) is 1.98. The van der Waals surface area contributed by atoms with Crippen LogP contribution in [0.3, 0.4) is 0 Å². The van der Waals surface area contributed by atoms with Crippen LogP contribution in [0.25, 0.3) is 0 Å². The predicted molar refractivity (Wildman–Crippen MR) is 72.8 cm³/mol. The van der Waals surface area contributed by atoms with Crippen LogP contribution in [0.4, 0.5) is 0 Å². The highest BCUT2D eigenvalue weighted by Crippen LogP contribution is 2.03. The van der Waals surface area contributed by atoms with Gasteiger partial charge in [-0.3, -0.25) is 0 Å². The molecule has 0 aliphatic heterocycles. The van der Waals surface area contributed by atoms with Crippen molar-refractivity contribution in [2.75, 3.05) is 0 Å². The lowest BCUT2D eigenvalue weighted by Gasteiger charge is -1.98. The third-order valence-electron chi connectivity index (χ3n) is 3.09. The summed E-state index contributed by atoms with van der Waals surface area (Å²) in [4.78, 5) is 0. The number of nitrogens with zero attached hydrogens (tertiary/aromatic N) is 2. The van der Waals surface area contributed by atoms with Gasteiger partial charge in [-0.15, -0.1) is 6.58 Å². The van der Waals surface area contributed by atoms with Crippen molar-refractivity contribution >= 4 is 0 Å². The molecule has 0 aliphatic carbocycles. The number of allylic oxidation sites excluding steroid dienone is 1. The Hall–Kier alpha value is -1.05. The first-order chi connectivity index (χ1) is 8.36. The van der Waals surface area contributed by atoms with E-state index in [0.717, 1.165) is 13.1 Å². The van der Waals surface area contributed by atoms with Gasteiger partial charge in [0.2, 0.25) is 6.33 Å². The van der Waals surface area contributed by atoms with E-state index in [2.05, 4.69) is 41.4 Å². The average molecular weight is 235 g/mol. The molecule has 0 amide bonds. The maximum atomic E-state index is 3.75. The summed E-state index contributed by atoms with van der Waals surface area (Å²) in [6.07, 6.45) is 17.6. The van der Waals surface area contributed by atoms with Crippen molar-refractivity contribution in [3.63, 3.8) is 0 Å². The van der Waals surface area contributed by atoms with Gasteiger partial charge < -0.3 is 0 Å². The van der Waals surface area contributed by atoms with Crippen molar-refractivity contribution in [1.29, 1.82) is 0 Å². The van der Waals surface area contributed by atoms with Gasteiger partial charge in [0, 0.05) is 0 Å². The zero-order valence-electron chi connectivity index (χ0n) is 11.3. The lowest BCUT2D eigenvalue weighted by Crippen LogP contribution is -2.30. The van der Waals surface area contributed by atoms with Gasteiger partial charge in [-0.2, -0.15) is 0 Å². The summed E-state index contributed by atoms with van der Waals surface area (Å²) >= 11 is 0. The Morgan fingerprint density at radius 3 is 2.76 bits per heavy atom. The lowest BCUT2D eigenvalue weighted by molar-refractivity contribution is -0.696. The predicted octanol–water partition coefficient (Wildman–Crippen LogP) is 3.71. The van der Waals surface area contributed by atoms with Crippen LogP contribution in [0.5, 0.6) is 0 Å². The number of unbranched alkanes of at least 4 members (excludes halogenated alkanes) is 5. The molecule has 0 atom stereocenters. The minimum Gasteiger partial charge on any atom is -0.237 e. The molecule has 0 saturated carbocycles. The molecule has 0 aromatic carbocycles. The van der Waals surface area contributed by atoms with E-state index in [4.69, 9.17) is 0 Å². The Morgan fingerprint density at radius 1 is 1.18 bits per heavy atom. The van der Waals surface area contributed by atoms with Gasteiger partial charge in [-0.1, -0.05) is 25.8 Å². The van der Waals surface area contributed by atoms with Crippen LogP contribution in [-0.2, 0) is 13.1 Å². The first kappa shape index (κ1) is 14.0. The van der Waals surface area contributed by atoms with Crippen LogP contribution in [0, 0.1) is 0 Å². The molecule has 0 fully saturated rings. The fourth-order valence-electron chi connectivity index (χ4n) is 1.98. The van der Waals surface area contributed by atoms with E-state index in [1.165, 1.54) is 44.9 Å². The summed E-state index contributed by atoms with van der Waals surface area (Å²) in [6, 6.07) is 0. The topological polar surface area (TPSA) is 8.81 Å². The van der Waals surface area contributed by atoms with E-state index >= 15 is 0 Å². The van der Waals surface area contributed by atoms with Crippen molar-refractivity contribution in [3.8, 4) is 0 Å². The first-order valence-electron chi connectivity index (χ1n) is 7.02. The molecule has 96 valence electrons. The monoisotopic (exact) mass is 235 g/mol. The summed E-state index contributed by atoms with van der Waals surface area (Å²) in [6.45, 7) is 8.30. The molecule has 0 spiro atoms. The smallest absolute Gasteiger partial charge is 0.237 e. The molecule has 2 heteroatoms. The standard InChI is InChI=1S/C15H27N2/c1-3-5-7-8-9-10-12-17-14-13-16(15-17)11-6-4-2/h3,13-15H,1,4-12H2,2H3/q+1. The Kier molecular flexibility index (Phi) is 7.44. The largest absolute Gasteiger partial charge is 0.243 e. The second-order valence-corrected chi connectivity index (χ2v) is 4.73. The van der Waals surface area contributed by atoms with Crippen LogP contribution < -0.4 is 4.57 Å². The van der Waals surface area contributed by atoms with E-state index in [1.54, 1.807) is 0 Å². The minimum atomic E-state index is 1.16. The highest BCUT2D eigenvalue weighted by molar-refractivity contribution is 4.66. The maximum Gasteiger partial charge on any atom is 0.243 e. The molecule has 2 nitrogen and oxygen atoms in total. The van der Waals surface area contributed by atoms with E-state index in [9.17, 15) is 0 Å². The number of hydrogen-bond acceptors (Lipinski definition) is 0. The van der Waals surface area contributed by atoms with Gasteiger partial charge in [0.25, 0.3) is 0 Å². The quantitative estimate of drug-likeness (QED) is 0.332. The highest BCUT2D eigenvalue weighted by Gasteiger charge is 2.02. The van der Waals surface area contributed by atoms with Gasteiger partial charge in [0.05, 0.1) is 13.1 Å². The molecule has 1 heterocycles. The van der Waals surface area contributed by atoms with Crippen molar-refractivity contribution in [1.82, 2.24) is 4.57 Å². The lowest BCUT2D eigenvalue weighted by atomic mass is 10.1. The molecule has 0 N–H and O–H groups in total. The van der Waals surface area contributed by atoms with Crippen LogP contribution >= 0.6 is 0 Å². The van der Waals surface area contributed by atoms with Gasteiger partial charge in [0.1, 0.15) is 12.4 Å². The number of imidazole rings is 1. The van der Waals surface area contributed by atoms with Gasteiger partial charge >= 0.3 is 0 Å². The second kappa shape index (κ2) is 9.03. The molecule has 1 rings (SSSR count). The maximum absolute atomic E-state index is 3.75. The molecule has 0 bridgehead atoms. The number of aromatic nitrogens is 2. The zero-order valence-corrected chi connectivity index (χ0v) is 11.3. The molecular formula is C15H27N2+. The van der Waals surface area contributed by atoms with Crippen LogP contribution in [0.2, 0.25) is 0 Å². The number of aryl methyl sites for hydroxylation is 2. The first-order valence-corrected chi connectivity index (χ1v) is 7.02. The number of hydrogen-bond donors (Lipinski definition) is 0. The van der Waals surface area contributed by atoms with E-state index in [-0.39, 0.29) is 0 Å². The van der Waals surface area contributed by atoms with Crippen molar-refractivity contribution < 1.29 is 4.57 Å². The van der Waals surface area contributed by atoms with Gasteiger partial charge in [-0.05, 0) is 32.1 Å². The van der Waals surface area contributed by atoms with Crippen molar-refractivity contribution in [3.05, 3.63) is 31.4 Å². The third kappa shape index (κ3) is 6.30. The normalized spacial score (nSPS) is 10.6. The summed E-state index contributed by atoms with van der Waals surface area (Å²) in [5, 5.41) is 0. The van der Waals surface area contributed by atoms with Crippen LogP contribution in [-0.4, -0.2) is 4.57 Å². The van der Waals surface area contributed by atoms with Crippen molar-refractivity contribution in [2.45, 2.75) is 65.0 Å². The molecule has 0 aliphatic rings.